The summed E-state index contributed by atoms with van der Waals surface area (Å²) in [7, 11) is 0. The highest BCUT2D eigenvalue weighted by molar-refractivity contribution is 7.14. The van der Waals surface area contributed by atoms with Gasteiger partial charge < -0.3 is 15.4 Å². The summed E-state index contributed by atoms with van der Waals surface area (Å²) in [6, 6.07) is 10.9. The molecule has 146 valence electrons. The Hall–Kier alpha value is -3.07. The molecule has 0 radical (unpaired) electrons. The van der Waals surface area contributed by atoms with E-state index in [1.165, 1.54) is 35.6 Å². The van der Waals surface area contributed by atoms with Gasteiger partial charge in [-0.2, -0.15) is 0 Å². The minimum Gasteiger partial charge on any atom is -0.406 e. The fraction of sp³-hybridized carbons (Fsp3) is 0.158. The van der Waals surface area contributed by atoms with Gasteiger partial charge in [-0.1, -0.05) is 12.1 Å². The maximum atomic E-state index is 12.4. The second-order valence-corrected chi connectivity index (χ2v) is 6.79. The third kappa shape index (κ3) is 5.01. The van der Waals surface area contributed by atoms with E-state index in [-0.39, 0.29) is 17.4 Å². The van der Waals surface area contributed by atoms with Crippen LogP contribution in [0.2, 0.25) is 0 Å². The van der Waals surface area contributed by atoms with Crippen LogP contribution >= 0.6 is 11.3 Å². The molecule has 9 heteroatoms. The number of nitrogens with one attached hydrogen (secondary N) is 2. The first-order chi connectivity index (χ1) is 13.2. The molecule has 0 aliphatic rings. The van der Waals surface area contributed by atoms with Gasteiger partial charge in [0, 0.05) is 16.8 Å². The van der Waals surface area contributed by atoms with Crippen LogP contribution in [0.1, 0.15) is 21.6 Å². The van der Waals surface area contributed by atoms with Gasteiger partial charge in [-0.3, -0.25) is 4.79 Å². The number of rotatable bonds is 5. The molecule has 2 N–H and O–H groups in total. The van der Waals surface area contributed by atoms with E-state index in [9.17, 15) is 18.0 Å². The van der Waals surface area contributed by atoms with Crippen molar-refractivity contribution in [2.24, 2.45) is 0 Å². The number of alkyl halides is 3. The summed E-state index contributed by atoms with van der Waals surface area (Å²) in [6.07, 6.45) is -4.73. The van der Waals surface area contributed by atoms with Gasteiger partial charge >= 0.3 is 6.36 Å². The molecule has 0 bridgehead atoms. The number of hydrogen-bond donors (Lipinski definition) is 2. The molecule has 3 rings (SSSR count). The number of hydrogen-bond acceptors (Lipinski definition) is 5. The fourth-order valence-electron chi connectivity index (χ4n) is 2.37. The Labute approximate surface area is 163 Å². The Bertz CT molecular complexity index is 985. The number of ether oxygens (including phenoxy) is 1. The highest BCUT2D eigenvalue weighted by atomic mass is 32.1. The van der Waals surface area contributed by atoms with Gasteiger partial charge in [0.25, 0.3) is 5.91 Å². The molecule has 0 aliphatic carbocycles. The van der Waals surface area contributed by atoms with E-state index in [1.54, 1.807) is 5.38 Å². The largest absolute Gasteiger partial charge is 0.573 e. The fourth-order valence-corrected chi connectivity index (χ4v) is 3.08. The number of nitrogens with zero attached hydrogens (tertiary/aromatic N) is 1. The van der Waals surface area contributed by atoms with E-state index in [4.69, 9.17) is 0 Å². The van der Waals surface area contributed by atoms with Crippen molar-refractivity contribution in [1.29, 1.82) is 0 Å². The van der Waals surface area contributed by atoms with Gasteiger partial charge in [-0.25, -0.2) is 4.98 Å². The van der Waals surface area contributed by atoms with Crippen LogP contribution in [-0.4, -0.2) is 17.3 Å². The molecule has 0 atom stereocenters. The van der Waals surface area contributed by atoms with Gasteiger partial charge in [-0.05, 0) is 55.3 Å². The second-order valence-electron chi connectivity index (χ2n) is 5.94. The van der Waals surface area contributed by atoms with E-state index >= 15 is 0 Å². The number of thiazole rings is 1. The summed E-state index contributed by atoms with van der Waals surface area (Å²) in [5.74, 6) is -0.655. The average Bonchev–Trinajstić information content (AvgIpc) is 3.08. The summed E-state index contributed by atoms with van der Waals surface area (Å²) in [5.41, 5.74) is 3.52. The Kier molecular flexibility index (Phi) is 5.55. The molecule has 0 unspecified atom stereocenters. The second kappa shape index (κ2) is 7.89. The maximum absolute atomic E-state index is 12.4. The smallest absolute Gasteiger partial charge is 0.406 e. The van der Waals surface area contributed by atoms with E-state index in [1.807, 2.05) is 32.0 Å². The molecule has 1 amide bonds. The molecule has 0 saturated heterocycles. The highest BCUT2D eigenvalue weighted by Crippen LogP contribution is 2.27. The Morgan fingerprint density at radius 3 is 2.50 bits per heavy atom. The van der Waals surface area contributed by atoms with Crippen LogP contribution in [0.5, 0.6) is 5.75 Å². The van der Waals surface area contributed by atoms with Gasteiger partial charge in [0.2, 0.25) is 0 Å². The van der Waals surface area contributed by atoms with Crippen molar-refractivity contribution in [2.45, 2.75) is 20.2 Å². The standard InChI is InChI=1S/C19H16F3N3O2S/c1-11-4-3-5-15(12(11)2)24-17(26)16-10-28-18(25-16)23-13-6-8-14(9-7-13)27-19(20,21)22/h3-10H,1-2H3,(H,23,25)(H,24,26). The molecule has 5 nitrogen and oxygen atoms in total. The first-order valence-corrected chi connectivity index (χ1v) is 9.05. The number of benzene rings is 2. The van der Waals surface area contributed by atoms with Crippen LogP contribution < -0.4 is 15.4 Å². The third-order valence-corrected chi connectivity index (χ3v) is 4.69. The van der Waals surface area contributed by atoms with Crippen molar-refractivity contribution in [3.63, 3.8) is 0 Å². The summed E-state index contributed by atoms with van der Waals surface area (Å²) in [5, 5.41) is 7.81. The van der Waals surface area contributed by atoms with Crippen LogP contribution in [0.4, 0.5) is 29.7 Å². The van der Waals surface area contributed by atoms with Crippen molar-refractivity contribution in [3.8, 4) is 5.75 Å². The quantitative estimate of drug-likeness (QED) is 0.573. The van der Waals surface area contributed by atoms with E-state index in [2.05, 4.69) is 20.4 Å². The summed E-state index contributed by atoms with van der Waals surface area (Å²) in [6.45, 7) is 3.88. The number of carbonyl (C=O) groups excluding carboxylic acids is 1. The molecule has 28 heavy (non-hydrogen) atoms. The molecule has 0 saturated carbocycles. The first kappa shape index (κ1) is 19.7. The van der Waals surface area contributed by atoms with Crippen LogP contribution in [0.15, 0.2) is 47.8 Å². The van der Waals surface area contributed by atoms with Crippen molar-refractivity contribution < 1.29 is 22.7 Å². The zero-order valence-corrected chi connectivity index (χ0v) is 15.7. The van der Waals surface area contributed by atoms with E-state index < -0.39 is 6.36 Å². The molecule has 3 aromatic rings. The van der Waals surface area contributed by atoms with Gasteiger partial charge in [0.1, 0.15) is 11.4 Å². The molecule has 0 spiro atoms. The molecule has 0 aliphatic heterocycles. The van der Waals surface area contributed by atoms with Gasteiger partial charge in [-0.15, -0.1) is 24.5 Å². The molecule has 2 aromatic carbocycles. The SMILES string of the molecule is Cc1cccc(NC(=O)c2csc(Nc3ccc(OC(F)(F)F)cc3)n2)c1C. The molecular weight excluding hydrogens is 391 g/mol. The summed E-state index contributed by atoms with van der Waals surface area (Å²) in [4.78, 5) is 16.6. The predicted molar refractivity (Wildman–Crippen MR) is 102 cm³/mol. The minimum absolute atomic E-state index is 0.241. The number of carbonyl (C=O) groups is 1. The Morgan fingerprint density at radius 2 is 1.82 bits per heavy atom. The average molecular weight is 407 g/mol. The summed E-state index contributed by atoms with van der Waals surface area (Å²) >= 11 is 1.21. The van der Waals surface area contributed by atoms with Crippen LogP contribution in [-0.2, 0) is 0 Å². The normalized spacial score (nSPS) is 11.2. The zero-order chi connectivity index (χ0) is 20.3. The number of aromatic nitrogens is 1. The maximum Gasteiger partial charge on any atom is 0.573 e. The minimum atomic E-state index is -4.73. The summed E-state index contributed by atoms with van der Waals surface area (Å²) < 4.78 is 40.4. The molecule has 1 aromatic heterocycles. The van der Waals surface area contributed by atoms with E-state index in [0.717, 1.165) is 11.1 Å². The Morgan fingerprint density at radius 1 is 1.11 bits per heavy atom. The predicted octanol–water partition coefficient (Wildman–Crippen LogP) is 5.65. The monoisotopic (exact) mass is 407 g/mol. The molecular formula is C19H16F3N3O2S. The lowest BCUT2D eigenvalue weighted by atomic mass is 10.1. The van der Waals surface area contributed by atoms with Crippen molar-refractivity contribution in [3.05, 3.63) is 64.7 Å². The van der Waals surface area contributed by atoms with Crippen LogP contribution in [0.3, 0.4) is 0 Å². The number of anilines is 3. The highest BCUT2D eigenvalue weighted by Gasteiger charge is 2.30. The first-order valence-electron chi connectivity index (χ1n) is 8.17. The van der Waals surface area contributed by atoms with Crippen LogP contribution in [0, 0.1) is 13.8 Å². The van der Waals surface area contributed by atoms with Crippen molar-refractivity contribution in [2.75, 3.05) is 10.6 Å². The lowest BCUT2D eigenvalue weighted by Gasteiger charge is -2.09. The number of halogens is 3. The van der Waals surface area contributed by atoms with Crippen molar-refractivity contribution >= 4 is 33.8 Å². The molecule has 0 fully saturated rings. The van der Waals surface area contributed by atoms with Crippen LogP contribution in [0.25, 0.3) is 0 Å². The number of aryl methyl sites for hydroxylation is 1. The number of amides is 1. The third-order valence-electron chi connectivity index (χ3n) is 3.93. The van der Waals surface area contributed by atoms with E-state index in [0.29, 0.717) is 16.5 Å². The topological polar surface area (TPSA) is 63.2 Å². The Balaban J connectivity index is 1.65. The lowest BCUT2D eigenvalue weighted by molar-refractivity contribution is -0.274. The van der Waals surface area contributed by atoms with Gasteiger partial charge in [0.15, 0.2) is 5.13 Å². The lowest BCUT2D eigenvalue weighted by Crippen LogP contribution is -2.16. The van der Waals surface area contributed by atoms with Gasteiger partial charge in [0.05, 0.1) is 0 Å². The van der Waals surface area contributed by atoms with Crippen molar-refractivity contribution in [1.82, 2.24) is 4.98 Å². The zero-order valence-electron chi connectivity index (χ0n) is 14.9. The molecule has 1 heterocycles.